The van der Waals surface area contributed by atoms with Gasteiger partial charge in [-0.2, -0.15) is 0 Å². The number of nitrogens with zero attached hydrogens (tertiary/aromatic N) is 2. The monoisotopic (exact) mass is 352 g/mol. The first-order chi connectivity index (χ1) is 12.7. The van der Waals surface area contributed by atoms with E-state index in [4.69, 9.17) is 0 Å². The van der Waals surface area contributed by atoms with Crippen molar-refractivity contribution in [1.82, 2.24) is 20.5 Å². The predicted molar refractivity (Wildman–Crippen MR) is 99.7 cm³/mol. The molecule has 1 atom stereocenters. The largest absolute Gasteiger partial charge is 0.340 e. The third-order valence-electron chi connectivity index (χ3n) is 4.46. The SMILES string of the molecule is O=C(NC(Cc1ccccc1)C(=O)N1CCCNCC1)c1cccnc1. The van der Waals surface area contributed by atoms with E-state index in [9.17, 15) is 9.59 Å². The highest BCUT2D eigenvalue weighted by Gasteiger charge is 2.27. The molecule has 2 N–H and O–H groups in total. The molecule has 1 fully saturated rings. The van der Waals surface area contributed by atoms with Crippen LogP contribution in [0.3, 0.4) is 0 Å². The van der Waals surface area contributed by atoms with Crippen LogP contribution in [-0.2, 0) is 11.2 Å². The number of amides is 2. The van der Waals surface area contributed by atoms with Crippen molar-refractivity contribution in [1.29, 1.82) is 0 Å². The third kappa shape index (κ3) is 4.89. The van der Waals surface area contributed by atoms with Gasteiger partial charge in [0.15, 0.2) is 0 Å². The summed E-state index contributed by atoms with van der Waals surface area (Å²) in [6, 6.07) is 12.6. The van der Waals surface area contributed by atoms with Crippen molar-refractivity contribution in [3.05, 3.63) is 66.0 Å². The fourth-order valence-corrected chi connectivity index (χ4v) is 3.08. The minimum Gasteiger partial charge on any atom is -0.340 e. The Balaban J connectivity index is 1.76. The summed E-state index contributed by atoms with van der Waals surface area (Å²) in [4.78, 5) is 31.5. The van der Waals surface area contributed by atoms with E-state index in [2.05, 4.69) is 15.6 Å². The Morgan fingerprint density at radius 2 is 1.96 bits per heavy atom. The molecule has 6 heteroatoms. The van der Waals surface area contributed by atoms with Crippen molar-refractivity contribution in [2.24, 2.45) is 0 Å². The van der Waals surface area contributed by atoms with Crippen LogP contribution in [0.2, 0.25) is 0 Å². The molecule has 0 saturated carbocycles. The van der Waals surface area contributed by atoms with E-state index in [0.29, 0.717) is 25.1 Å². The second-order valence-electron chi connectivity index (χ2n) is 6.39. The summed E-state index contributed by atoms with van der Waals surface area (Å²) in [6.45, 7) is 3.06. The molecule has 26 heavy (non-hydrogen) atoms. The molecule has 1 saturated heterocycles. The molecule has 2 heterocycles. The highest BCUT2D eigenvalue weighted by molar-refractivity contribution is 5.97. The van der Waals surface area contributed by atoms with Crippen molar-refractivity contribution < 1.29 is 9.59 Å². The summed E-state index contributed by atoms with van der Waals surface area (Å²) in [5, 5.41) is 6.21. The number of carbonyl (C=O) groups is 2. The Bertz CT molecular complexity index is 713. The average Bonchev–Trinajstić information content (AvgIpc) is 2.98. The standard InChI is InChI=1S/C20H24N4O2/c25-19(17-8-4-9-22-15-17)23-18(14-16-6-2-1-3-7-16)20(26)24-12-5-10-21-11-13-24/h1-4,6-9,15,18,21H,5,10-14H2,(H,23,25). The van der Waals surface area contributed by atoms with Gasteiger partial charge in [0, 0.05) is 38.4 Å². The van der Waals surface area contributed by atoms with Crippen molar-refractivity contribution >= 4 is 11.8 Å². The maximum Gasteiger partial charge on any atom is 0.253 e. The van der Waals surface area contributed by atoms with Crippen LogP contribution >= 0.6 is 0 Å². The van der Waals surface area contributed by atoms with Crippen LogP contribution < -0.4 is 10.6 Å². The molecule has 1 unspecified atom stereocenters. The van der Waals surface area contributed by atoms with Crippen LogP contribution in [0.15, 0.2) is 54.9 Å². The third-order valence-corrected chi connectivity index (χ3v) is 4.46. The topological polar surface area (TPSA) is 74.3 Å². The van der Waals surface area contributed by atoms with E-state index >= 15 is 0 Å². The second-order valence-corrected chi connectivity index (χ2v) is 6.39. The van der Waals surface area contributed by atoms with Crippen molar-refractivity contribution in [2.75, 3.05) is 26.2 Å². The molecule has 0 bridgehead atoms. The fourth-order valence-electron chi connectivity index (χ4n) is 3.08. The molecule has 2 aromatic rings. The minimum atomic E-state index is -0.594. The van der Waals surface area contributed by atoms with Gasteiger partial charge in [-0.1, -0.05) is 30.3 Å². The first-order valence-electron chi connectivity index (χ1n) is 8.98. The van der Waals surface area contributed by atoms with Crippen molar-refractivity contribution in [3.8, 4) is 0 Å². The zero-order valence-corrected chi connectivity index (χ0v) is 14.7. The normalized spacial score (nSPS) is 15.8. The maximum absolute atomic E-state index is 13.1. The first kappa shape index (κ1) is 18.1. The van der Waals surface area contributed by atoms with Crippen LogP contribution in [-0.4, -0.2) is 53.9 Å². The molecule has 0 spiro atoms. The van der Waals surface area contributed by atoms with Crippen LogP contribution in [0.25, 0.3) is 0 Å². The number of rotatable bonds is 5. The molecule has 136 valence electrons. The summed E-state index contributed by atoms with van der Waals surface area (Å²) < 4.78 is 0. The van der Waals surface area contributed by atoms with E-state index in [1.165, 1.54) is 6.20 Å². The summed E-state index contributed by atoms with van der Waals surface area (Å²) in [7, 11) is 0. The minimum absolute atomic E-state index is 0.0326. The lowest BCUT2D eigenvalue weighted by Gasteiger charge is -2.26. The van der Waals surface area contributed by atoms with Gasteiger partial charge in [-0.3, -0.25) is 14.6 Å². The number of hydrogen-bond donors (Lipinski definition) is 2. The van der Waals surface area contributed by atoms with Gasteiger partial charge in [-0.25, -0.2) is 0 Å². The molecule has 1 aliphatic rings. The molecule has 2 amide bonds. The highest BCUT2D eigenvalue weighted by Crippen LogP contribution is 2.09. The van der Waals surface area contributed by atoms with Gasteiger partial charge in [-0.05, 0) is 30.7 Å². The lowest BCUT2D eigenvalue weighted by molar-refractivity contribution is -0.133. The second kappa shape index (κ2) is 9.10. The average molecular weight is 352 g/mol. The van der Waals surface area contributed by atoms with Crippen LogP contribution in [0.5, 0.6) is 0 Å². The van der Waals surface area contributed by atoms with Gasteiger partial charge in [0.2, 0.25) is 5.91 Å². The number of nitrogens with one attached hydrogen (secondary N) is 2. The van der Waals surface area contributed by atoms with E-state index in [0.717, 1.165) is 25.1 Å². The van der Waals surface area contributed by atoms with E-state index in [1.54, 1.807) is 18.3 Å². The lowest BCUT2D eigenvalue weighted by atomic mass is 10.0. The lowest BCUT2D eigenvalue weighted by Crippen LogP contribution is -2.50. The smallest absolute Gasteiger partial charge is 0.253 e. The van der Waals surface area contributed by atoms with Gasteiger partial charge in [0.05, 0.1) is 5.56 Å². The van der Waals surface area contributed by atoms with Gasteiger partial charge < -0.3 is 15.5 Å². The molecule has 1 aromatic carbocycles. The summed E-state index contributed by atoms with van der Waals surface area (Å²) in [5.41, 5.74) is 1.47. The Labute approximate surface area is 153 Å². The molecule has 1 aromatic heterocycles. The molecule has 6 nitrogen and oxygen atoms in total. The zero-order valence-electron chi connectivity index (χ0n) is 14.7. The number of aromatic nitrogens is 1. The number of benzene rings is 1. The van der Waals surface area contributed by atoms with Crippen molar-refractivity contribution in [2.45, 2.75) is 18.9 Å². The van der Waals surface area contributed by atoms with Crippen molar-refractivity contribution in [3.63, 3.8) is 0 Å². The van der Waals surface area contributed by atoms with E-state index in [1.807, 2.05) is 35.2 Å². The summed E-state index contributed by atoms with van der Waals surface area (Å²) in [5.74, 6) is -0.310. The highest BCUT2D eigenvalue weighted by atomic mass is 16.2. The number of carbonyl (C=O) groups excluding carboxylic acids is 2. The van der Waals surface area contributed by atoms with Crippen LogP contribution in [0, 0.1) is 0 Å². The Hall–Kier alpha value is -2.73. The Morgan fingerprint density at radius 3 is 2.73 bits per heavy atom. The predicted octanol–water partition coefficient (Wildman–Crippen LogP) is 1.24. The Kier molecular flexibility index (Phi) is 6.33. The zero-order chi connectivity index (χ0) is 18.2. The summed E-state index contributed by atoms with van der Waals surface area (Å²) >= 11 is 0. The number of hydrogen-bond acceptors (Lipinski definition) is 4. The fraction of sp³-hybridized carbons (Fsp3) is 0.350. The van der Waals surface area contributed by atoms with Gasteiger partial charge in [0.1, 0.15) is 6.04 Å². The Morgan fingerprint density at radius 1 is 1.12 bits per heavy atom. The molecule has 3 rings (SSSR count). The molecular weight excluding hydrogens is 328 g/mol. The van der Waals surface area contributed by atoms with Crippen LogP contribution in [0.4, 0.5) is 0 Å². The van der Waals surface area contributed by atoms with E-state index in [-0.39, 0.29) is 11.8 Å². The van der Waals surface area contributed by atoms with Crippen LogP contribution in [0.1, 0.15) is 22.3 Å². The molecule has 1 aliphatic heterocycles. The van der Waals surface area contributed by atoms with Gasteiger partial charge in [0.25, 0.3) is 5.91 Å². The van der Waals surface area contributed by atoms with E-state index < -0.39 is 6.04 Å². The first-order valence-corrected chi connectivity index (χ1v) is 8.98. The molecule has 0 radical (unpaired) electrons. The summed E-state index contributed by atoms with van der Waals surface area (Å²) in [6.07, 6.45) is 4.51. The molecular formula is C20H24N4O2. The van der Waals surface area contributed by atoms with Gasteiger partial charge >= 0.3 is 0 Å². The van der Waals surface area contributed by atoms with Gasteiger partial charge in [-0.15, -0.1) is 0 Å². The maximum atomic E-state index is 13.1. The molecule has 0 aliphatic carbocycles. The quantitative estimate of drug-likeness (QED) is 0.849. The number of pyridine rings is 1.